The molecule has 0 aromatic heterocycles. The zero-order chi connectivity index (χ0) is 23.8. The monoisotopic (exact) mass is 461 g/mol. The number of hydrogen-bond acceptors (Lipinski definition) is 3. The molecule has 1 saturated carbocycles. The second-order valence-corrected chi connectivity index (χ2v) is 9.36. The zero-order valence-corrected chi connectivity index (χ0v) is 19.8. The van der Waals surface area contributed by atoms with E-state index in [0.717, 1.165) is 31.2 Å². The number of carbonyl (C=O) groups excluding carboxylic acids is 3. The van der Waals surface area contributed by atoms with E-state index in [9.17, 15) is 14.4 Å². The van der Waals surface area contributed by atoms with Crippen molar-refractivity contribution in [3.63, 3.8) is 0 Å². The van der Waals surface area contributed by atoms with Gasteiger partial charge in [-0.3, -0.25) is 14.4 Å². The lowest BCUT2D eigenvalue weighted by Gasteiger charge is -2.32. The number of aryl methyl sites for hydroxylation is 1. The number of nitrogens with one attached hydrogen (secondary N) is 1. The summed E-state index contributed by atoms with van der Waals surface area (Å²) in [5, 5.41) is 2.98. The quantitative estimate of drug-likeness (QED) is 0.713. The summed E-state index contributed by atoms with van der Waals surface area (Å²) < 4.78 is 0. The van der Waals surface area contributed by atoms with Crippen molar-refractivity contribution in [2.24, 2.45) is 5.92 Å². The molecule has 1 N–H and O–H groups in total. The summed E-state index contributed by atoms with van der Waals surface area (Å²) in [6, 6.07) is 19.8. The zero-order valence-electron chi connectivity index (χ0n) is 19.8. The number of nitrogens with zero attached hydrogens (tertiary/aromatic N) is 2. The fourth-order valence-electron chi connectivity index (χ4n) is 4.69. The van der Waals surface area contributed by atoms with Crippen LogP contribution in [-0.2, 0) is 20.8 Å². The number of benzene rings is 2. The SMILES string of the molecule is O=C1CC(c2ccccc2)N(C(=O)C2CC2)CCCN(C(=O)CCCc2ccccc2)CCN1. The molecular formula is C28H35N3O3. The van der Waals surface area contributed by atoms with Gasteiger partial charge >= 0.3 is 0 Å². The van der Waals surface area contributed by atoms with Crippen molar-refractivity contribution in [1.29, 1.82) is 0 Å². The lowest BCUT2D eigenvalue weighted by molar-refractivity contribution is -0.136. The van der Waals surface area contributed by atoms with Crippen LogP contribution >= 0.6 is 0 Å². The van der Waals surface area contributed by atoms with E-state index >= 15 is 0 Å². The van der Waals surface area contributed by atoms with E-state index in [4.69, 9.17) is 0 Å². The van der Waals surface area contributed by atoms with Crippen LogP contribution in [0.4, 0.5) is 0 Å². The van der Waals surface area contributed by atoms with E-state index in [1.165, 1.54) is 5.56 Å². The average molecular weight is 462 g/mol. The Kier molecular flexibility index (Phi) is 8.34. The minimum atomic E-state index is -0.276. The second-order valence-electron chi connectivity index (χ2n) is 9.36. The van der Waals surface area contributed by atoms with Crippen molar-refractivity contribution in [3.05, 3.63) is 71.8 Å². The summed E-state index contributed by atoms with van der Waals surface area (Å²) in [6.07, 6.45) is 4.96. The van der Waals surface area contributed by atoms with Gasteiger partial charge in [-0.05, 0) is 43.2 Å². The predicted octanol–water partition coefficient (Wildman–Crippen LogP) is 3.73. The highest BCUT2D eigenvalue weighted by Gasteiger charge is 2.37. The van der Waals surface area contributed by atoms with E-state index in [1.807, 2.05) is 58.3 Å². The van der Waals surface area contributed by atoms with Crippen molar-refractivity contribution < 1.29 is 14.4 Å². The van der Waals surface area contributed by atoms with Gasteiger partial charge in [-0.2, -0.15) is 0 Å². The lowest BCUT2D eigenvalue weighted by atomic mass is 10.0. The van der Waals surface area contributed by atoms with Crippen molar-refractivity contribution in [1.82, 2.24) is 15.1 Å². The largest absolute Gasteiger partial charge is 0.354 e. The molecular weight excluding hydrogens is 426 g/mol. The number of carbonyl (C=O) groups is 3. The number of rotatable bonds is 6. The maximum Gasteiger partial charge on any atom is 0.226 e. The standard InChI is InChI=1S/C28H35N3O3/c32-26-21-25(23-12-5-2-6-13-23)31(28(34)24-15-16-24)19-8-18-30(20-17-29-26)27(33)14-7-11-22-9-3-1-4-10-22/h1-6,9-10,12-13,24-25H,7-8,11,14-21H2,(H,29,32). The van der Waals surface area contributed by atoms with E-state index in [1.54, 1.807) is 0 Å². The Morgan fingerprint density at radius 2 is 1.62 bits per heavy atom. The van der Waals surface area contributed by atoms with Crippen molar-refractivity contribution in [2.45, 2.75) is 51.0 Å². The molecule has 6 nitrogen and oxygen atoms in total. The predicted molar refractivity (Wildman–Crippen MR) is 132 cm³/mol. The Hall–Kier alpha value is -3.15. The smallest absolute Gasteiger partial charge is 0.226 e. The van der Waals surface area contributed by atoms with Gasteiger partial charge in [0.1, 0.15) is 0 Å². The highest BCUT2D eigenvalue weighted by atomic mass is 16.2. The van der Waals surface area contributed by atoms with Crippen molar-refractivity contribution in [3.8, 4) is 0 Å². The summed E-state index contributed by atoms with van der Waals surface area (Å²) in [5.74, 6) is 0.252. The Balaban J connectivity index is 1.42. The molecule has 3 amide bonds. The first-order chi connectivity index (χ1) is 16.6. The van der Waals surface area contributed by atoms with Gasteiger partial charge < -0.3 is 15.1 Å². The van der Waals surface area contributed by atoms with Crippen molar-refractivity contribution >= 4 is 17.7 Å². The third kappa shape index (κ3) is 6.69. The minimum absolute atomic E-state index is 0.0788. The third-order valence-electron chi connectivity index (χ3n) is 6.73. The normalized spacial score (nSPS) is 19.8. The van der Waals surface area contributed by atoms with Gasteiger partial charge in [-0.1, -0.05) is 60.7 Å². The summed E-state index contributed by atoms with van der Waals surface area (Å²) in [6.45, 7) is 2.08. The molecule has 1 heterocycles. The molecule has 4 rings (SSSR count). The topological polar surface area (TPSA) is 69.7 Å². The van der Waals surface area contributed by atoms with E-state index < -0.39 is 0 Å². The third-order valence-corrected chi connectivity index (χ3v) is 6.73. The molecule has 2 fully saturated rings. The van der Waals surface area contributed by atoms with Crippen LogP contribution in [0, 0.1) is 5.92 Å². The van der Waals surface area contributed by atoms with Crippen LogP contribution in [0.15, 0.2) is 60.7 Å². The summed E-state index contributed by atoms with van der Waals surface area (Å²) in [7, 11) is 0. The molecule has 1 aliphatic heterocycles. The molecule has 1 atom stereocenters. The van der Waals surface area contributed by atoms with Crippen LogP contribution in [-0.4, -0.2) is 53.7 Å². The maximum atomic E-state index is 13.2. The van der Waals surface area contributed by atoms with Crippen LogP contribution in [0.3, 0.4) is 0 Å². The van der Waals surface area contributed by atoms with Crippen LogP contribution in [0.1, 0.15) is 55.7 Å². The Morgan fingerprint density at radius 3 is 2.32 bits per heavy atom. The van der Waals surface area contributed by atoms with Gasteiger partial charge in [0.25, 0.3) is 0 Å². The second kappa shape index (κ2) is 11.8. The molecule has 6 heteroatoms. The molecule has 1 saturated heterocycles. The van der Waals surface area contributed by atoms with Gasteiger partial charge in [0, 0.05) is 38.5 Å². The summed E-state index contributed by atoms with van der Waals surface area (Å²) in [5.41, 5.74) is 2.22. The molecule has 2 aromatic rings. The average Bonchev–Trinajstić information content (AvgIpc) is 3.70. The van der Waals surface area contributed by atoms with Gasteiger partial charge in [-0.15, -0.1) is 0 Å². The molecule has 0 radical (unpaired) electrons. The maximum absolute atomic E-state index is 13.2. The minimum Gasteiger partial charge on any atom is -0.354 e. The van der Waals surface area contributed by atoms with Crippen LogP contribution in [0.25, 0.3) is 0 Å². The van der Waals surface area contributed by atoms with Crippen LogP contribution in [0.5, 0.6) is 0 Å². The van der Waals surface area contributed by atoms with Gasteiger partial charge in [0.05, 0.1) is 12.5 Å². The summed E-state index contributed by atoms with van der Waals surface area (Å²) in [4.78, 5) is 42.7. The Bertz CT molecular complexity index is 959. The van der Waals surface area contributed by atoms with Gasteiger partial charge in [0.15, 0.2) is 0 Å². The van der Waals surface area contributed by atoms with E-state index in [0.29, 0.717) is 39.0 Å². The molecule has 1 aliphatic carbocycles. The fraction of sp³-hybridized carbons (Fsp3) is 0.464. The first-order valence-corrected chi connectivity index (χ1v) is 12.6. The van der Waals surface area contributed by atoms with Crippen LogP contribution < -0.4 is 5.32 Å². The molecule has 0 bridgehead atoms. The first kappa shape index (κ1) is 24.0. The molecule has 2 aliphatic rings. The molecule has 2 aromatic carbocycles. The molecule has 1 unspecified atom stereocenters. The molecule has 180 valence electrons. The lowest BCUT2D eigenvalue weighted by Crippen LogP contribution is -2.39. The summed E-state index contributed by atoms with van der Waals surface area (Å²) >= 11 is 0. The van der Waals surface area contributed by atoms with Crippen molar-refractivity contribution in [2.75, 3.05) is 26.2 Å². The van der Waals surface area contributed by atoms with E-state index in [-0.39, 0.29) is 36.1 Å². The van der Waals surface area contributed by atoms with Gasteiger partial charge in [-0.25, -0.2) is 0 Å². The number of hydrogen-bond donors (Lipinski definition) is 1. The highest BCUT2D eigenvalue weighted by Crippen LogP contribution is 2.35. The van der Waals surface area contributed by atoms with Crippen LogP contribution in [0.2, 0.25) is 0 Å². The Morgan fingerprint density at radius 1 is 0.912 bits per heavy atom. The Labute approximate surface area is 202 Å². The first-order valence-electron chi connectivity index (χ1n) is 12.6. The van der Waals surface area contributed by atoms with Gasteiger partial charge in [0.2, 0.25) is 17.7 Å². The number of amides is 3. The fourth-order valence-corrected chi connectivity index (χ4v) is 4.69. The highest BCUT2D eigenvalue weighted by molar-refractivity contribution is 5.83. The van der Waals surface area contributed by atoms with E-state index in [2.05, 4.69) is 17.4 Å². The molecule has 0 spiro atoms. The molecule has 34 heavy (non-hydrogen) atoms.